The molecule has 0 aromatic heterocycles. The van der Waals surface area contributed by atoms with E-state index in [1.165, 1.54) is 0 Å². The van der Waals surface area contributed by atoms with Crippen LogP contribution in [0.25, 0.3) is 0 Å². The Labute approximate surface area is 121 Å². The van der Waals surface area contributed by atoms with Crippen molar-refractivity contribution < 1.29 is 13.9 Å². The summed E-state index contributed by atoms with van der Waals surface area (Å²) in [6.07, 6.45) is -0.698. The number of nitrogens with zero attached hydrogens (tertiary/aromatic N) is 1. The molecule has 0 radical (unpaired) electrons. The number of hydrogen-bond acceptors (Lipinski definition) is 3. The zero-order valence-corrected chi connectivity index (χ0v) is 11.4. The van der Waals surface area contributed by atoms with Gasteiger partial charge in [-0.15, -0.1) is 0 Å². The fourth-order valence-corrected chi connectivity index (χ4v) is 1.79. The number of benzene rings is 2. The summed E-state index contributed by atoms with van der Waals surface area (Å²) in [5.41, 5.74) is 1.75. The van der Waals surface area contributed by atoms with Crippen molar-refractivity contribution in [1.29, 1.82) is 5.26 Å². The Morgan fingerprint density at radius 2 is 2.05 bits per heavy atom. The molecule has 106 valence electrons. The van der Waals surface area contributed by atoms with Crippen molar-refractivity contribution in [3.05, 3.63) is 65.0 Å². The first-order chi connectivity index (χ1) is 10.1. The fourth-order valence-electron chi connectivity index (χ4n) is 1.79. The van der Waals surface area contributed by atoms with Crippen molar-refractivity contribution >= 4 is 11.8 Å². The molecule has 2 aromatic carbocycles. The van der Waals surface area contributed by atoms with Gasteiger partial charge in [-0.05, 0) is 30.2 Å². The summed E-state index contributed by atoms with van der Waals surface area (Å²) in [7, 11) is 0. The van der Waals surface area contributed by atoms with Crippen molar-refractivity contribution in [1.82, 2.24) is 0 Å². The Balaban J connectivity index is 2.03. The van der Waals surface area contributed by atoms with E-state index in [4.69, 9.17) is 10.00 Å². The second-order valence-electron chi connectivity index (χ2n) is 4.42. The highest BCUT2D eigenvalue weighted by atomic mass is 19.1. The number of ether oxygens (including phenoxy) is 1. The lowest BCUT2D eigenvalue weighted by molar-refractivity contribution is 0.155. The predicted molar refractivity (Wildman–Crippen MR) is 76.1 cm³/mol. The first-order valence-electron chi connectivity index (χ1n) is 6.28. The SMILES string of the molecule is Cc1c(C#N)cc(F)cc1NC(=O)OCc1ccccc1. The molecule has 0 fully saturated rings. The number of anilines is 1. The lowest BCUT2D eigenvalue weighted by Gasteiger charge is -2.10. The van der Waals surface area contributed by atoms with Crippen molar-refractivity contribution in [3.8, 4) is 6.07 Å². The largest absolute Gasteiger partial charge is 0.444 e. The Kier molecular flexibility index (Phi) is 4.52. The molecule has 4 nitrogen and oxygen atoms in total. The van der Waals surface area contributed by atoms with Gasteiger partial charge in [-0.2, -0.15) is 5.26 Å². The molecule has 0 aliphatic carbocycles. The van der Waals surface area contributed by atoms with Crippen LogP contribution in [0, 0.1) is 24.1 Å². The number of rotatable bonds is 3. The number of nitriles is 1. The molecular weight excluding hydrogens is 271 g/mol. The Hall–Kier alpha value is -2.87. The Morgan fingerprint density at radius 3 is 2.71 bits per heavy atom. The molecule has 0 saturated heterocycles. The average molecular weight is 284 g/mol. The Bertz CT molecular complexity index is 693. The summed E-state index contributed by atoms with van der Waals surface area (Å²) >= 11 is 0. The van der Waals surface area contributed by atoms with Gasteiger partial charge in [-0.25, -0.2) is 9.18 Å². The zero-order chi connectivity index (χ0) is 15.2. The number of halogens is 1. The van der Waals surface area contributed by atoms with E-state index in [1.807, 2.05) is 36.4 Å². The lowest BCUT2D eigenvalue weighted by Crippen LogP contribution is -2.14. The molecule has 0 aliphatic rings. The van der Waals surface area contributed by atoms with E-state index in [1.54, 1.807) is 6.92 Å². The van der Waals surface area contributed by atoms with E-state index >= 15 is 0 Å². The molecule has 0 aliphatic heterocycles. The maximum atomic E-state index is 13.4. The minimum absolute atomic E-state index is 0.117. The summed E-state index contributed by atoms with van der Waals surface area (Å²) < 4.78 is 18.4. The van der Waals surface area contributed by atoms with Gasteiger partial charge in [-0.3, -0.25) is 5.32 Å². The van der Waals surface area contributed by atoms with E-state index in [9.17, 15) is 9.18 Å². The van der Waals surface area contributed by atoms with Crippen molar-refractivity contribution in [2.45, 2.75) is 13.5 Å². The molecule has 0 unspecified atom stereocenters. The van der Waals surface area contributed by atoms with Gasteiger partial charge in [0.1, 0.15) is 12.4 Å². The van der Waals surface area contributed by atoms with E-state index in [2.05, 4.69) is 5.32 Å². The molecule has 0 bridgehead atoms. The number of nitrogens with one attached hydrogen (secondary N) is 1. The molecule has 1 N–H and O–H groups in total. The van der Waals surface area contributed by atoms with Gasteiger partial charge in [0.15, 0.2) is 0 Å². The van der Waals surface area contributed by atoms with E-state index in [0.29, 0.717) is 5.56 Å². The third-order valence-corrected chi connectivity index (χ3v) is 2.94. The minimum Gasteiger partial charge on any atom is -0.444 e. The van der Waals surface area contributed by atoms with Gasteiger partial charge >= 0.3 is 6.09 Å². The standard InChI is InChI=1S/C16H13FN2O2/c1-11-13(9-18)7-14(17)8-15(11)19-16(20)21-10-12-5-3-2-4-6-12/h2-8H,10H2,1H3,(H,19,20). The molecule has 1 amide bonds. The van der Waals surface area contributed by atoms with Gasteiger partial charge in [0, 0.05) is 0 Å². The van der Waals surface area contributed by atoms with Crippen molar-refractivity contribution in [2.24, 2.45) is 0 Å². The van der Waals surface area contributed by atoms with Gasteiger partial charge in [-0.1, -0.05) is 30.3 Å². The van der Waals surface area contributed by atoms with Crippen LogP contribution in [-0.2, 0) is 11.3 Å². The third-order valence-electron chi connectivity index (χ3n) is 2.94. The van der Waals surface area contributed by atoms with Crippen LogP contribution < -0.4 is 5.32 Å². The average Bonchev–Trinajstić information content (AvgIpc) is 2.49. The maximum Gasteiger partial charge on any atom is 0.411 e. The number of carbonyl (C=O) groups excluding carboxylic acids is 1. The summed E-state index contributed by atoms with van der Waals surface area (Å²) in [6.45, 7) is 1.75. The van der Waals surface area contributed by atoms with Crippen LogP contribution in [0.5, 0.6) is 0 Å². The van der Waals surface area contributed by atoms with Crippen LogP contribution in [-0.4, -0.2) is 6.09 Å². The van der Waals surface area contributed by atoms with Gasteiger partial charge < -0.3 is 4.74 Å². The van der Waals surface area contributed by atoms with Crippen LogP contribution in [0.4, 0.5) is 14.9 Å². The zero-order valence-electron chi connectivity index (χ0n) is 11.4. The van der Waals surface area contributed by atoms with E-state index < -0.39 is 11.9 Å². The van der Waals surface area contributed by atoms with Crippen LogP contribution >= 0.6 is 0 Å². The summed E-state index contributed by atoms with van der Waals surface area (Å²) in [5, 5.41) is 11.3. The van der Waals surface area contributed by atoms with E-state index in [0.717, 1.165) is 17.7 Å². The maximum absolute atomic E-state index is 13.4. The highest BCUT2D eigenvalue weighted by Crippen LogP contribution is 2.21. The quantitative estimate of drug-likeness (QED) is 0.933. The minimum atomic E-state index is -0.698. The molecular formula is C16H13FN2O2. The monoisotopic (exact) mass is 284 g/mol. The van der Waals surface area contributed by atoms with Crippen LogP contribution in [0.15, 0.2) is 42.5 Å². The molecule has 2 aromatic rings. The van der Waals surface area contributed by atoms with Gasteiger partial charge in [0.2, 0.25) is 0 Å². The molecule has 0 saturated carbocycles. The molecule has 21 heavy (non-hydrogen) atoms. The fraction of sp³-hybridized carbons (Fsp3) is 0.125. The third kappa shape index (κ3) is 3.80. The van der Waals surface area contributed by atoms with Crippen LogP contribution in [0.3, 0.4) is 0 Å². The highest BCUT2D eigenvalue weighted by Gasteiger charge is 2.11. The molecule has 0 spiro atoms. The van der Waals surface area contributed by atoms with E-state index in [-0.39, 0.29) is 17.9 Å². The first-order valence-corrected chi connectivity index (χ1v) is 6.28. The van der Waals surface area contributed by atoms with Crippen LogP contribution in [0.2, 0.25) is 0 Å². The molecule has 5 heteroatoms. The molecule has 2 rings (SSSR count). The number of hydrogen-bond donors (Lipinski definition) is 1. The Morgan fingerprint density at radius 1 is 1.33 bits per heavy atom. The second kappa shape index (κ2) is 6.53. The van der Waals surface area contributed by atoms with Crippen LogP contribution in [0.1, 0.15) is 16.7 Å². The van der Waals surface area contributed by atoms with Gasteiger partial charge in [0.05, 0.1) is 17.3 Å². The van der Waals surface area contributed by atoms with Crippen molar-refractivity contribution in [3.63, 3.8) is 0 Å². The lowest BCUT2D eigenvalue weighted by atomic mass is 10.1. The second-order valence-corrected chi connectivity index (χ2v) is 4.42. The predicted octanol–water partition coefficient (Wildman–Crippen LogP) is 3.75. The molecule has 0 heterocycles. The molecule has 0 atom stereocenters. The highest BCUT2D eigenvalue weighted by molar-refractivity contribution is 5.86. The topological polar surface area (TPSA) is 62.1 Å². The summed E-state index contributed by atoms with van der Waals surface area (Å²) in [4.78, 5) is 11.7. The summed E-state index contributed by atoms with van der Waals surface area (Å²) in [5.74, 6) is -0.587. The number of amides is 1. The normalized spacial score (nSPS) is 9.76. The first kappa shape index (κ1) is 14.5. The smallest absolute Gasteiger partial charge is 0.411 e. The number of carbonyl (C=O) groups is 1. The summed E-state index contributed by atoms with van der Waals surface area (Å²) in [6, 6.07) is 13.3. The van der Waals surface area contributed by atoms with Crippen molar-refractivity contribution in [2.75, 3.05) is 5.32 Å². The van der Waals surface area contributed by atoms with Gasteiger partial charge in [0.25, 0.3) is 0 Å².